The van der Waals surface area contributed by atoms with E-state index in [1.54, 1.807) is 0 Å². The predicted octanol–water partition coefficient (Wildman–Crippen LogP) is -0.312. The van der Waals surface area contributed by atoms with Crippen molar-refractivity contribution in [2.24, 2.45) is 0 Å². The van der Waals surface area contributed by atoms with Crippen LogP contribution < -0.4 is 0 Å². The minimum Gasteiger partial charge on any atom is -0.340 e. The number of imide groups is 1. The first-order chi connectivity index (χ1) is 9.04. The van der Waals surface area contributed by atoms with Crippen molar-refractivity contribution in [1.82, 2.24) is 14.7 Å². The van der Waals surface area contributed by atoms with E-state index in [9.17, 15) is 14.4 Å². The highest BCUT2D eigenvalue weighted by atomic mass is 16.2. The molecule has 2 aliphatic heterocycles. The summed E-state index contributed by atoms with van der Waals surface area (Å²) in [6.45, 7) is 4.65. The van der Waals surface area contributed by atoms with Crippen molar-refractivity contribution in [2.45, 2.75) is 32.2 Å². The Hall–Kier alpha value is -1.43. The number of nitrogens with zero attached hydrogens (tertiary/aromatic N) is 3. The average Bonchev–Trinajstić information content (AvgIpc) is 2.67. The van der Waals surface area contributed by atoms with Gasteiger partial charge in [-0.3, -0.25) is 24.2 Å². The predicted molar refractivity (Wildman–Crippen MR) is 69.2 cm³/mol. The highest BCUT2D eigenvalue weighted by Crippen LogP contribution is 2.19. The van der Waals surface area contributed by atoms with E-state index in [1.807, 2.05) is 16.7 Å². The van der Waals surface area contributed by atoms with Gasteiger partial charge in [0.25, 0.3) is 0 Å². The largest absolute Gasteiger partial charge is 0.340 e. The molecule has 2 fully saturated rings. The van der Waals surface area contributed by atoms with Gasteiger partial charge in [-0.2, -0.15) is 0 Å². The Morgan fingerprint density at radius 2 is 1.84 bits per heavy atom. The van der Waals surface area contributed by atoms with Crippen LogP contribution in [-0.4, -0.2) is 71.7 Å². The van der Waals surface area contributed by atoms with Crippen LogP contribution in [0.25, 0.3) is 0 Å². The summed E-state index contributed by atoms with van der Waals surface area (Å²) in [5, 5.41) is 0. The quantitative estimate of drug-likeness (QED) is 0.658. The molecule has 2 heterocycles. The summed E-state index contributed by atoms with van der Waals surface area (Å²) in [4.78, 5) is 40.3. The van der Waals surface area contributed by atoms with Gasteiger partial charge in [-0.05, 0) is 6.42 Å². The number of likely N-dealkylation sites (tertiary alicyclic amines) is 1. The monoisotopic (exact) mass is 267 g/mol. The summed E-state index contributed by atoms with van der Waals surface area (Å²) >= 11 is 0. The Balaban J connectivity index is 1.89. The molecule has 2 rings (SSSR count). The molecule has 106 valence electrons. The summed E-state index contributed by atoms with van der Waals surface area (Å²) < 4.78 is 0. The van der Waals surface area contributed by atoms with Crippen molar-refractivity contribution in [3.63, 3.8) is 0 Å². The van der Waals surface area contributed by atoms with Gasteiger partial charge in [0.1, 0.15) is 0 Å². The summed E-state index contributed by atoms with van der Waals surface area (Å²) in [6.07, 6.45) is 1.72. The maximum Gasteiger partial charge on any atom is 0.246 e. The van der Waals surface area contributed by atoms with Gasteiger partial charge in [0.05, 0.1) is 12.5 Å². The molecule has 0 bridgehead atoms. The first-order valence-electron chi connectivity index (χ1n) is 6.86. The lowest BCUT2D eigenvalue weighted by atomic mass is 10.1. The summed E-state index contributed by atoms with van der Waals surface area (Å²) in [7, 11) is 1.53. The van der Waals surface area contributed by atoms with Gasteiger partial charge in [-0.15, -0.1) is 0 Å². The van der Waals surface area contributed by atoms with Crippen LogP contribution in [0.4, 0.5) is 0 Å². The average molecular weight is 267 g/mol. The molecule has 0 saturated carbocycles. The molecule has 0 aliphatic carbocycles. The minimum atomic E-state index is -0.319. The molecule has 2 aliphatic rings. The fraction of sp³-hybridized carbons (Fsp3) is 0.769. The second-order valence-corrected chi connectivity index (χ2v) is 5.18. The van der Waals surface area contributed by atoms with E-state index in [4.69, 9.17) is 0 Å². The van der Waals surface area contributed by atoms with Crippen LogP contribution in [0.15, 0.2) is 0 Å². The molecule has 0 aromatic rings. The Labute approximate surface area is 113 Å². The molecule has 2 saturated heterocycles. The standard InChI is InChI=1S/C13H21N3O3/c1-3-4-11(17)16-7-5-15(6-8-16)10-9-12(18)14(2)13(10)19/h10H,3-9H2,1-2H3. The minimum absolute atomic E-state index is 0.112. The van der Waals surface area contributed by atoms with Crippen molar-refractivity contribution < 1.29 is 14.4 Å². The first kappa shape index (κ1) is 14.0. The molecule has 1 atom stereocenters. The van der Waals surface area contributed by atoms with Crippen LogP contribution in [0.2, 0.25) is 0 Å². The topological polar surface area (TPSA) is 60.9 Å². The third-order valence-electron chi connectivity index (χ3n) is 3.93. The van der Waals surface area contributed by atoms with Crippen LogP contribution in [-0.2, 0) is 14.4 Å². The van der Waals surface area contributed by atoms with Gasteiger partial charge < -0.3 is 4.90 Å². The summed E-state index contributed by atoms with van der Waals surface area (Å²) in [5.41, 5.74) is 0. The Morgan fingerprint density at radius 1 is 1.21 bits per heavy atom. The zero-order valence-electron chi connectivity index (χ0n) is 11.6. The number of piperazine rings is 1. The molecule has 0 N–H and O–H groups in total. The fourth-order valence-corrected chi connectivity index (χ4v) is 2.68. The van der Waals surface area contributed by atoms with Gasteiger partial charge in [0, 0.05) is 39.6 Å². The Bertz CT molecular complexity index is 389. The number of carbonyl (C=O) groups is 3. The number of amides is 3. The van der Waals surface area contributed by atoms with Gasteiger partial charge in [-0.1, -0.05) is 6.92 Å². The van der Waals surface area contributed by atoms with Crippen LogP contribution in [0.1, 0.15) is 26.2 Å². The lowest BCUT2D eigenvalue weighted by Gasteiger charge is -2.37. The molecular formula is C13H21N3O3. The van der Waals surface area contributed by atoms with E-state index in [0.717, 1.165) is 6.42 Å². The molecule has 0 aromatic heterocycles. The van der Waals surface area contributed by atoms with Crippen LogP contribution in [0.3, 0.4) is 0 Å². The number of carbonyl (C=O) groups excluding carboxylic acids is 3. The van der Waals surface area contributed by atoms with Crippen molar-refractivity contribution in [1.29, 1.82) is 0 Å². The van der Waals surface area contributed by atoms with Crippen molar-refractivity contribution >= 4 is 17.7 Å². The maximum atomic E-state index is 11.9. The maximum absolute atomic E-state index is 11.9. The van der Waals surface area contributed by atoms with E-state index in [2.05, 4.69) is 0 Å². The number of hydrogen-bond donors (Lipinski definition) is 0. The SMILES string of the molecule is CCCC(=O)N1CCN(C2CC(=O)N(C)C2=O)CC1. The molecule has 6 nitrogen and oxygen atoms in total. The molecule has 6 heteroatoms. The summed E-state index contributed by atoms with van der Waals surface area (Å²) in [5.74, 6) is -0.0362. The van der Waals surface area contributed by atoms with E-state index < -0.39 is 0 Å². The van der Waals surface area contributed by atoms with E-state index in [-0.39, 0.29) is 30.2 Å². The fourth-order valence-electron chi connectivity index (χ4n) is 2.68. The van der Waals surface area contributed by atoms with Crippen molar-refractivity contribution in [3.05, 3.63) is 0 Å². The van der Waals surface area contributed by atoms with Gasteiger partial charge in [-0.25, -0.2) is 0 Å². The molecule has 19 heavy (non-hydrogen) atoms. The van der Waals surface area contributed by atoms with Crippen LogP contribution in [0, 0.1) is 0 Å². The number of likely N-dealkylation sites (N-methyl/N-ethyl adjacent to an activating group) is 1. The van der Waals surface area contributed by atoms with Crippen molar-refractivity contribution in [2.75, 3.05) is 33.2 Å². The Kier molecular flexibility index (Phi) is 4.19. The first-order valence-corrected chi connectivity index (χ1v) is 6.86. The van der Waals surface area contributed by atoms with E-state index in [0.29, 0.717) is 32.6 Å². The highest BCUT2D eigenvalue weighted by molar-refractivity contribution is 6.05. The second-order valence-electron chi connectivity index (χ2n) is 5.18. The molecule has 0 spiro atoms. The highest BCUT2D eigenvalue weighted by Gasteiger charge is 2.40. The van der Waals surface area contributed by atoms with Gasteiger partial charge in [0.15, 0.2) is 0 Å². The van der Waals surface area contributed by atoms with E-state index >= 15 is 0 Å². The molecular weight excluding hydrogens is 246 g/mol. The third kappa shape index (κ3) is 2.78. The van der Waals surface area contributed by atoms with Crippen LogP contribution >= 0.6 is 0 Å². The van der Waals surface area contributed by atoms with Gasteiger partial charge >= 0.3 is 0 Å². The van der Waals surface area contributed by atoms with Crippen LogP contribution in [0.5, 0.6) is 0 Å². The molecule has 0 aromatic carbocycles. The number of rotatable bonds is 3. The second kappa shape index (κ2) is 5.69. The lowest BCUT2D eigenvalue weighted by molar-refractivity contribution is -0.138. The third-order valence-corrected chi connectivity index (χ3v) is 3.93. The van der Waals surface area contributed by atoms with Crippen molar-refractivity contribution in [3.8, 4) is 0 Å². The Morgan fingerprint density at radius 3 is 2.32 bits per heavy atom. The molecule has 3 amide bonds. The molecule has 0 radical (unpaired) electrons. The zero-order chi connectivity index (χ0) is 14.0. The normalized spacial score (nSPS) is 25.3. The molecule has 1 unspecified atom stereocenters. The van der Waals surface area contributed by atoms with E-state index in [1.165, 1.54) is 11.9 Å². The number of hydrogen-bond acceptors (Lipinski definition) is 4. The summed E-state index contributed by atoms with van der Waals surface area (Å²) in [6, 6.07) is -0.319. The van der Waals surface area contributed by atoms with Gasteiger partial charge in [0.2, 0.25) is 17.7 Å². The zero-order valence-corrected chi connectivity index (χ0v) is 11.6. The smallest absolute Gasteiger partial charge is 0.246 e. The lowest BCUT2D eigenvalue weighted by Crippen LogP contribution is -2.53.